The molecule has 1 aliphatic heterocycles. The number of ketones is 1. The number of ether oxygens (including phenoxy) is 2. The van der Waals surface area contributed by atoms with Crippen LogP contribution in [-0.4, -0.2) is 30.9 Å². The van der Waals surface area contributed by atoms with Crippen LogP contribution in [0.5, 0.6) is 5.75 Å². The number of carbonyl (C=O) groups is 1. The zero-order chi connectivity index (χ0) is 26.0. The third-order valence-corrected chi connectivity index (χ3v) is 7.94. The monoisotopic (exact) mass is 661 g/mol. The van der Waals surface area contributed by atoms with Crippen LogP contribution in [0.1, 0.15) is 43.7 Å². The Labute approximate surface area is 234 Å². The zero-order valence-electron chi connectivity index (χ0n) is 20.6. The van der Waals surface area contributed by atoms with Crippen LogP contribution in [0.4, 0.5) is 0 Å². The lowest BCUT2D eigenvalue weighted by Gasteiger charge is -2.43. The van der Waals surface area contributed by atoms with Gasteiger partial charge in [-0.05, 0) is 85.7 Å². The summed E-state index contributed by atoms with van der Waals surface area (Å²) in [4.78, 5) is 15.4. The van der Waals surface area contributed by atoms with Gasteiger partial charge in [0.25, 0.3) is 0 Å². The van der Waals surface area contributed by atoms with E-state index in [0.29, 0.717) is 55.3 Å². The summed E-state index contributed by atoms with van der Waals surface area (Å²) >= 11 is 5.91. The van der Waals surface area contributed by atoms with E-state index in [9.17, 15) is 10.1 Å². The molecule has 36 heavy (non-hydrogen) atoms. The van der Waals surface area contributed by atoms with E-state index in [1.165, 1.54) is 3.57 Å². The zero-order valence-corrected chi connectivity index (χ0v) is 24.4. The van der Waals surface area contributed by atoms with Crippen molar-refractivity contribution in [3.63, 3.8) is 0 Å². The van der Waals surface area contributed by atoms with E-state index in [1.807, 2.05) is 47.4 Å². The maximum atomic E-state index is 13.5. The highest BCUT2D eigenvalue weighted by Crippen LogP contribution is 2.49. The fourth-order valence-corrected chi connectivity index (χ4v) is 5.77. The topological polar surface area (TPSA) is 88.6 Å². The lowest BCUT2D eigenvalue weighted by molar-refractivity contribution is -0.118. The van der Waals surface area contributed by atoms with E-state index in [4.69, 9.17) is 15.2 Å². The van der Waals surface area contributed by atoms with Gasteiger partial charge in [-0.3, -0.25) is 4.79 Å². The molecule has 2 aliphatic rings. The Morgan fingerprint density at radius 2 is 1.94 bits per heavy atom. The van der Waals surface area contributed by atoms with E-state index < -0.39 is 5.92 Å². The second kappa shape index (κ2) is 11.0. The molecule has 0 bridgehead atoms. The Morgan fingerprint density at radius 3 is 2.58 bits per heavy atom. The van der Waals surface area contributed by atoms with Crippen molar-refractivity contribution in [2.24, 2.45) is 11.1 Å². The molecule has 2 N–H and O–H groups in total. The molecule has 0 spiro atoms. The molecule has 188 valence electrons. The van der Waals surface area contributed by atoms with Crippen molar-refractivity contribution >= 4 is 44.3 Å². The number of nitriles is 1. The van der Waals surface area contributed by atoms with Gasteiger partial charge in [0, 0.05) is 34.9 Å². The fourth-order valence-electron chi connectivity index (χ4n) is 4.90. The van der Waals surface area contributed by atoms with Crippen LogP contribution in [0.15, 0.2) is 69.6 Å². The molecular weight excluding hydrogens is 633 g/mol. The summed E-state index contributed by atoms with van der Waals surface area (Å²) in [6.07, 6.45) is 1.13. The molecule has 0 fully saturated rings. The van der Waals surface area contributed by atoms with Gasteiger partial charge in [-0.25, -0.2) is 0 Å². The summed E-state index contributed by atoms with van der Waals surface area (Å²) in [5.41, 5.74) is 10.2. The smallest absolute Gasteiger partial charge is 0.162 e. The van der Waals surface area contributed by atoms with Crippen LogP contribution in [-0.2, 0) is 16.1 Å². The van der Waals surface area contributed by atoms with Crippen LogP contribution in [0, 0.1) is 20.3 Å². The molecule has 0 radical (unpaired) electrons. The molecular formula is C28H29BrIN3O3. The quantitative estimate of drug-likeness (QED) is 0.366. The molecule has 0 aromatic heterocycles. The summed E-state index contributed by atoms with van der Waals surface area (Å²) in [6, 6.07) is 16.2. The number of hydrogen-bond acceptors (Lipinski definition) is 6. The minimum atomic E-state index is -0.519. The molecule has 2 aromatic carbocycles. The van der Waals surface area contributed by atoms with Crippen molar-refractivity contribution in [3.8, 4) is 11.8 Å². The van der Waals surface area contributed by atoms with Crippen LogP contribution < -0.4 is 10.5 Å². The van der Waals surface area contributed by atoms with Gasteiger partial charge in [0.2, 0.25) is 0 Å². The maximum absolute atomic E-state index is 13.5. The van der Waals surface area contributed by atoms with Crippen LogP contribution in [0.3, 0.4) is 0 Å². The minimum Gasteiger partial charge on any atom is -0.488 e. The highest BCUT2D eigenvalue weighted by Gasteiger charge is 2.44. The average Bonchev–Trinajstić information content (AvgIpc) is 2.82. The van der Waals surface area contributed by atoms with Crippen molar-refractivity contribution < 1.29 is 14.3 Å². The average molecular weight is 662 g/mol. The number of carbonyl (C=O) groups excluding carboxylic acids is 1. The van der Waals surface area contributed by atoms with Gasteiger partial charge >= 0.3 is 0 Å². The normalized spacial score (nSPS) is 19.3. The van der Waals surface area contributed by atoms with Crippen LogP contribution in [0.25, 0.3) is 0 Å². The molecule has 0 saturated carbocycles. The summed E-state index contributed by atoms with van der Waals surface area (Å²) in [5.74, 6) is 0.618. The second-order valence-electron chi connectivity index (χ2n) is 9.89. The second-order valence-corrected chi connectivity index (χ2v) is 12.0. The number of benzene rings is 2. The Kier molecular flexibility index (Phi) is 8.12. The summed E-state index contributed by atoms with van der Waals surface area (Å²) in [7, 11) is 1.63. The number of hydrogen-bond donors (Lipinski definition) is 1. The molecule has 8 heteroatoms. The first-order chi connectivity index (χ1) is 17.1. The number of methoxy groups -OCH3 is 1. The molecule has 1 aliphatic carbocycles. The number of nitrogens with zero attached hydrogens (tertiary/aromatic N) is 2. The Balaban J connectivity index is 1.71. The van der Waals surface area contributed by atoms with E-state index in [-0.39, 0.29) is 11.2 Å². The largest absolute Gasteiger partial charge is 0.488 e. The number of nitrogens with two attached hydrogens (primary N) is 1. The van der Waals surface area contributed by atoms with Crippen LogP contribution >= 0.6 is 38.5 Å². The molecule has 6 nitrogen and oxygen atoms in total. The predicted molar refractivity (Wildman–Crippen MR) is 151 cm³/mol. The third kappa shape index (κ3) is 5.48. The predicted octanol–water partition coefficient (Wildman–Crippen LogP) is 6.02. The van der Waals surface area contributed by atoms with Crippen molar-refractivity contribution in [1.82, 2.24) is 4.90 Å². The highest BCUT2D eigenvalue weighted by atomic mass is 127. The van der Waals surface area contributed by atoms with E-state index in [0.717, 1.165) is 21.3 Å². The molecule has 0 amide bonds. The molecule has 0 unspecified atom stereocenters. The van der Waals surface area contributed by atoms with Gasteiger partial charge < -0.3 is 20.1 Å². The van der Waals surface area contributed by atoms with Gasteiger partial charge in [0.05, 0.1) is 28.6 Å². The number of halogens is 2. The van der Waals surface area contributed by atoms with E-state index in [1.54, 1.807) is 7.11 Å². The van der Waals surface area contributed by atoms with Gasteiger partial charge in [-0.2, -0.15) is 5.26 Å². The van der Waals surface area contributed by atoms with Crippen molar-refractivity contribution in [2.75, 3.05) is 20.3 Å². The fraction of sp³-hybridized carbons (Fsp3) is 0.357. The Hall–Kier alpha value is -2.35. The molecule has 1 heterocycles. The van der Waals surface area contributed by atoms with Crippen molar-refractivity contribution in [1.29, 1.82) is 5.26 Å². The first-order valence-electron chi connectivity index (χ1n) is 11.7. The van der Waals surface area contributed by atoms with Gasteiger partial charge in [-0.15, -0.1) is 0 Å². The van der Waals surface area contributed by atoms with Crippen LogP contribution in [0.2, 0.25) is 0 Å². The molecule has 0 saturated heterocycles. The third-order valence-electron chi connectivity index (χ3n) is 6.60. The molecule has 1 atom stereocenters. The highest BCUT2D eigenvalue weighted by molar-refractivity contribution is 14.1. The van der Waals surface area contributed by atoms with Crippen molar-refractivity contribution in [2.45, 2.75) is 39.2 Å². The summed E-state index contributed by atoms with van der Waals surface area (Å²) in [6.45, 7) is 5.54. The molecule has 4 rings (SSSR count). The van der Waals surface area contributed by atoms with Gasteiger partial charge in [0.1, 0.15) is 18.2 Å². The number of allylic oxidation sites excluding steroid dienone is 3. The lowest BCUT2D eigenvalue weighted by atomic mass is 9.68. The summed E-state index contributed by atoms with van der Waals surface area (Å²) in [5, 5.41) is 10.2. The first kappa shape index (κ1) is 26.7. The number of rotatable bonds is 7. The van der Waals surface area contributed by atoms with E-state index in [2.05, 4.69) is 58.4 Å². The van der Waals surface area contributed by atoms with Gasteiger partial charge in [0.15, 0.2) is 5.78 Å². The summed E-state index contributed by atoms with van der Waals surface area (Å²) < 4.78 is 13.3. The number of Topliss-reactive ketones (excluding diaryl/α,β-unsaturated/α-hetero) is 1. The first-order valence-corrected chi connectivity index (χ1v) is 13.6. The molecule has 2 aromatic rings. The maximum Gasteiger partial charge on any atom is 0.162 e. The van der Waals surface area contributed by atoms with Gasteiger partial charge in [-0.1, -0.05) is 32.0 Å². The van der Waals surface area contributed by atoms with Crippen molar-refractivity contribution in [3.05, 3.63) is 84.3 Å². The Morgan fingerprint density at radius 1 is 1.22 bits per heavy atom. The SMILES string of the molecule is COCCN1C(N)=C(C#N)[C@H](c2ccc(OCc3ccc(I)cc3)c(Br)c2)C2=C1CC(C)(C)CC2=O. The Bertz CT molecular complexity index is 1280. The standard InChI is InChI=1S/C28H29BrIN3O3/c1-28(2)13-22-26(23(34)14-28)25(20(15-31)27(32)33(22)10-11-35-3)18-6-9-24(21(29)12-18)36-16-17-4-7-19(30)8-5-17/h4-9,12,25H,10-11,13-14,16,32H2,1-3H3/t25-/m0/s1. The van der Waals surface area contributed by atoms with E-state index >= 15 is 0 Å². The lowest BCUT2D eigenvalue weighted by Crippen LogP contribution is -2.43. The minimum absolute atomic E-state index is 0.0593.